The van der Waals surface area contributed by atoms with Gasteiger partial charge in [-0.3, -0.25) is 0 Å². The molecule has 42 heavy (non-hydrogen) atoms. The van der Waals surface area contributed by atoms with E-state index in [0.29, 0.717) is 18.2 Å². The second kappa shape index (κ2) is 12.9. The molecule has 2 amide bonds. The first-order chi connectivity index (χ1) is 20.1. The van der Waals surface area contributed by atoms with Gasteiger partial charge in [0, 0.05) is 61.0 Å². The maximum atomic E-state index is 13.2. The monoisotopic (exact) mass is 590 g/mol. The van der Waals surface area contributed by atoms with Crippen molar-refractivity contribution in [2.45, 2.75) is 64.8 Å². The third kappa shape index (κ3) is 7.20. The lowest BCUT2D eigenvalue weighted by Crippen LogP contribution is -2.48. The number of nitrogens with zero attached hydrogens (tertiary/aromatic N) is 2. The Kier molecular flexibility index (Phi) is 9.31. The van der Waals surface area contributed by atoms with Gasteiger partial charge in [-0.25, -0.2) is 4.79 Å². The number of nitrogens with one attached hydrogen (secondary N) is 2. The molecule has 0 radical (unpaired) electrons. The highest BCUT2D eigenvalue weighted by Gasteiger charge is 2.31. The van der Waals surface area contributed by atoms with Crippen LogP contribution in [0.3, 0.4) is 0 Å². The Labute approximate surface area is 254 Å². The molecule has 8 heteroatoms. The minimum absolute atomic E-state index is 0.0253. The normalized spacial score (nSPS) is 19.7. The third-order valence-corrected chi connectivity index (χ3v) is 8.35. The number of amides is 2. The molecule has 0 spiro atoms. The summed E-state index contributed by atoms with van der Waals surface area (Å²) in [6.07, 6.45) is 8.41. The van der Waals surface area contributed by atoms with Crippen molar-refractivity contribution in [1.29, 1.82) is 0 Å². The predicted molar refractivity (Wildman–Crippen MR) is 169 cm³/mol. The molecule has 3 N–H and O–H groups in total. The van der Waals surface area contributed by atoms with E-state index >= 15 is 0 Å². The van der Waals surface area contributed by atoms with Gasteiger partial charge in [0.25, 0.3) is 0 Å². The van der Waals surface area contributed by atoms with E-state index < -0.39 is 5.60 Å². The molecule has 0 aliphatic carbocycles. The second-order valence-corrected chi connectivity index (χ2v) is 12.7. The van der Waals surface area contributed by atoms with Crippen molar-refractivity contribution in [3.05, 3.63) is 93.7 Å². The molecule has 0 aromatic heterocycles. The number of hydrogen-bond donors (Lipinski definition) is 3. The lowest BCUT2D eigenvalue weighted by atomic mass is 9.89. The summed E-state index contributed by atoms with van der Waals surface area (Å²) in [4.78, 5) is 17.7. The van der Waals surface area contributed by atoms with Crippen molar-refractivity contribution < 1.29 is 14.6 Å². The van der Waals surface area contributed by atoms with E-state index in [1.54, 1.807) is 0 Å². The van der Waals surface area contributed by atoms with Gasteiger partial charge in [0.15, 0.2) is 0 Å². The highest BCUT2D eigenvalue weighted by molar-refractivity contribution is 6.30. The average molecular weight is 591 g/mol. The number of dihydropyridines is 1. The number of allylic oxidation sites excluding steroid dienone is 3. The Balaban J connectivity index is 1.32. The number of urea groups is 1. The van der Waals surface area contributed by atoms with Crippen molar-refractivity contribution in [3.8, 4) is 5.75 Å². The van der Waals surface area contributed by atoms with Crippen LogP contribution in [-0.2, 0) is 12.1 Å². The highest BCUT2D eigenvalue weighted by Crippen LogP contribution is 2.39. The Bertz CT molecular complexity index is 1370. The number of halogens is 1. The van der Waals surface area contributed by atoms with Crippen LogP contribution in [0.5, 0.6) is 5.75 Å². The van der Waals surface area contributed by atoms with Gasteiger partial charge in [0.05, 0.1) is 11.3 Å². The van der Waals surface area contributed by atoms with Crippen molar-refractivity contribution in [2.24, 2.45) is 0 Å². The fourth-order valence-corrected chi connectivity index (χ4v) is 5.97. The van der Waals surface area contributed by atoms with Crippen LogP contribution in [0.1, 0.15) is 57.2 Å². The molecule has 7 nitrogen and oxygen atoms in total. The molecule has 3 aliphatic heterocycles. The van der Waals surface area contributed by atoms with E-state index in [-0.39, 0.29) is 18.1 Å². The molecule has 0 saturated carbocycles. The van der Waals surface area contributed by atoms with Crippen LogP contribution < -0.4 is 15.4 Å². The molecule has 3 heterocycles. The largest absolute Gasteiger partial charge is 0.487 e. The summed E-state index contributed by atoms with van der Waals surface area (Å²) in [6, 6.07) is 13.9. The van der Waals surface area contributed by atoms with E-state index in [9.17, 15) is 9.90 Å². The molecule has 5 rings (SSSR count). The van der Waals surface area contributed by atoms with Crippen molar-refractivity contribution in [1.82, 2.24) is 20.4 Å². The average Bonchev–Trinajstić information content (AvgIpc) is 3.35. The highest BCUT2D eigenvalue weighted by atomic mass is 35.5. The van der Waals surface area contributed by atoms with Crippen LogP contribution >= 0.6 is 11.6 Å². The van der Waals surface area contributed by atoms with Gasteiger partial charge in [-0.15, -0.1) is 0 Å². The number of fused-ring (bicyclic) bond motifs is 1. The topological polar surface area (TPSA) is 77.1 Å². The van der Waals surface area contributed by atoms with Crippen LogP contribution in [0.2, 0.25) is 5.02 Å². The van der Waals surface area contributed by atoms with Crippen molar-refractivity contribution in [2.75, 3.05) is 32.8 Å². The van der Waals surface area contributed by atoms with Gasteiger partial charge in [-0.05, 0) is 81.5 Å². The first-order valence-corrected chi connectivity index (χ1v) is 15.3. The molecule has 0 bridgehead atoms. The second-order valence-electron chi connectivity index (χ2n) is 12.2. The molecule has 2 aromatic rings. The number of benzene rings is 2. The maximum absolute atomic E-state index is 13.2. The summed E-state index contributed by atoms with van der Waals surface area (Å²) < 4.78 is 6.20. The molecule has 3 aliphatic rings. The summed E-state index contributed by atoms with van der Waals surface area (Å²) in [5, 5.41) is 18.0. The van der Waals surface area contributed by atoms with Crippen molar-refractivity contribution in [3.63, 3.8) is 0 Å². The van der Waals surface area contributed by atoms with Gasteiger partial charge in [-0.1, -0.05) is 48.0 Å². The lowest BCUT2D eigenvalue weighted by Gasteiger charge is -2.30. The molecule has 1 atom stereocenters. The fraction of sp³-hybridized carbons (Fsp3) is 0.441. The Morgan fingerprint density at radius 1 is 1.26 bits per heavy atom. The number of hydrogen-bond acceptors (Lipinski definition) is 5. The van der Waals surface area contributed by atoms with E-state index in [1.807, 2.05) is 69.0 Å². The van der Waals surface area contributed by atoms with Crippen LogP contribution in [0.25, 0.3) is 5.57 Å². The van der Waals surface area contributed by atoms with E-state index in [4.69, 9.17) is 16.3 Å². The van der Waals surface area contributed by atoms with Crippen LogP contribution in [-0.4, -0.2) is 65.8 Å². The van der Waals surface area contributed by atoms with Crippen LogP contribution in [0.4, 0.5) is 4.79 Å². The summed E-state index contributed by atoms with van der Waals surface area (Å²) in [5.41, 5.74) is 5.34. The molecule has 1 saturated heterocycles. The quantitative estimate of drug-likeness (QED) is 0.360. The van der Waals surface area contributed by atoms with Gasteiger partial charge in [0.1, 0.15) is 12.4 Å². The molecule has 2 aromatic carbocycles. The van der Waals surface area contributed by atoms with Crippen LogP contribution in [0, 0.1) is 0 Å². The maximum Gasteiger partial charge on any atom is 0.318 e. The minimum Gasteiger partial charge on any atom is -0.487 e. The SMILES string of the molecule is CC(C)NC(=O)N(Cc1ccc(Cl)cc1)[C@H]1CCN(CC/C=C2\C3=C(COc4ccc(C(C)(C)O)cc42)NCC=C3)C1. The summed E-state index contributed by atoms with van der Waals surface area (Å²) in [6.45, 7) is 12.1. The van der Waals surface area contributed by atoms with Crippen molar-refractivity contribution >= 4 is 23.2 Å². The molecular formula is C34H43ClN4O3. The van der Waals surface area contributed by atoms with Gasteiger partial charge < -0.3 is 30.3 Å². The molecular weight excluding hydrogens is 548 g/mol. The van der Waals surface area contributed by atoms with Gasteiger partial charge in [-0.2, -0.15) is 0 Å². The predicted octanol–water partition coefficient (Wildman–Crippen LogP) is 5.84. The standard InChI is InChI=1S/C34H43ClN4O3/c1-23(2)37-33(40)39(20-24-9-12-26(35)13-10-24)27-15-18-38(21-27)17-6-8-28-29-7-5-16-36-31(29)22-42-32-14-11-25(19-30(28)32)34(3,4)41/h5,7-14,19,23,27,36,41H,6,15-18,20-22H2,1-4H3,(H,37,40)/b28-8+/t27-/m0/s1. The first-order valence-electron chi connectivity index (χ1n) is 15.0. The van der Waals surface area contributed by atoms with E-state index in [1.165, 1.54) is 0 Å². The van der Waals surface area contributed by atoms with Gasteiger partial charge in [0.2, 0.25) is 0 Å². The zero-order valence-corrected chi connectivity index (χ0v) is 25.9. The fourth-order valence-electron chi connectivity index (χ4n) is 5.84. The molecule has 1 fully saturated rings. The Morgan fingerprint density at radius 3 is 2.79 bits per heavy atom. The molecule has 0 unspecified atom stereocenters. The van der Waals surface area contributed by atoms with E-state index in [0.717, 1.165) is 78.3 Å². The summed E-state index contributed by atoms with van der Waals surface area (Å²) in [5.74, 6) is 0.828. The smallest absolute Gasteiger partial charge is 0.318 e. The lowest BCUT2D eigenvalue weighted by molar-refractivity contribution is 0.0785. The number of carbonyl (C=O) groups excluding carboxylic acids is 1. The third-order valence-electron chi connectivity index (χ3n) is 8.10. The number of ether oxygens (including phenoxy) is 1. The zero-order valence-electron chi connectivity index (χ0n) is 25.1. The Morgan fingerprint density at radius 2 is 2.05 bits per heavy atom. The van der Waals surface area contributed by atoms with E-state index in [2.05, 4.69) is 39.8 Å². The Hall–Kier alpha value is -3.26. The number of rotatable bonds is 8. The number of carbonyl (C=O) groups is 1. The van der Waals surface area contributed by atoms with Crippen LogP contribution in [0.15, 0.2) is 72.0 Å². The zero-order chi connectivity index (χ0) is 29.9. The first kappa shape index (κ1) is 30.2. The number of aliphatic hydroxyl groups is 1. The summed E-state index contributed by atoms with van der Waals surface area (Å²) in [7, 11) is 0. The minimum atomic E-state index is -0.950. The number of likely N-dealkylation sites (tertiary alicyclic amines) is 1. The molecule has 224 valence electrons. The van der Waals surface area contributed by atoms with Gasteiger partial charge >= 0.3 is 6.03 Å². The summed E-state index contributed by atoms with van der Waals surface area (Å²) >= 11 is 6.10.